The fourth-order valence-corrected chi connectivity index (χ4v) is 1.62. The number of alkyl halides is 1. The molecule has 3 heteroatoms. The highest BCUT2D eigenvalue weighted by molar-refractivity contribution is 5.82. The molecule has 14 heavy (non-hydrogen) atoms. The maximum atomic E-state index is 12.4. The molecular weight excluding hydrogens is 181 g/mol. The number of benzene rings is 1. The van der Waals surface area contributed by atoms with Crippen molar-refractivity contribution in [1.29, 1.82) is 0 Å². The number of furan rings is 1. The minimum atomic E-state index is -0.651. The summed E-state index contributed by atoms with van der Waals surface area (Å²) in [6.45, 7) is 1.30. The summed E-state index contributed by atoms with van der Waals surface area (Å²) in [5.74, 6) is 0.550. The van der Waals surface area contributed by atoms with Crippen molar-refractivity contribution in [3.05, 3.63) is 35.6 Å². The molecule has 0 unspecified atom stereocenters. The second-order valence-electron chi connectivity index (χ2n) is 3.35. The Kier molecular flexibility index (Phi) is 2.25. The Morgan fingerprint density at radius 1 is 1.43 bits per heavy atom. The van der Waals surface area contributed by atoms with Gasteiger partial charge in [-0.1, -0.05) is 18.2 Å². The Labute approximate surface area is 81.5 Å². The van der Waals surface area contributed by atoms with Crippen molar-refractivity contribution >= 4 is 11.0 Å². The molecule has 0 radical (unpaired) electrons. The van der Waals surface area contributed by atoms with Crippen molar-refractivity contribution in [2.24, 2.45) is 5.73 Å². The number of nitrogens with two attached hydrogens (primary N) is 1. The number of rotatable bonds is 2. The van der Waals surface area contributed by atoms with E-state index in [0.29, 0.717) is 5.76 Å². The van der Waals surface area contributed by atoms with Gasteiger partial charge in [-0.2, -0.15) is 0 Å². The van der Waals surface area contributed by atoms with E-state index in [1.54, 1.807) is 0 Å². The first-order valence-corrected chi connectivity index (χ1v) is 4.53. The van der Waals surface area contributed by atoms with E-state index in [9.17, 15) is 4.39 Å². The Hall–Kier alpha value is -1.35. The maximum Gasteiger partial charge on any atom is 0.134 e. The van der Waals surface area contributed by atoms with E-state index in [2.05, 4.69) is 0 Å². The van der Waals surface area contributed by atoms with Crippen molar-refractivity contribution in [2.75, 3.05) is 6.67 Å². The number of fused-ring (bicyclic) bond motifs is 1. The highest BCUT2D eigenvalue weighted by Gasteiger charge is 2.15. The van der Waals surface area contributed by atoms with E-state index in [1.165, 1.54) is 0 Å². The average molecular weight is 193 g/mol. The third-order valence-corrected chi connectivity index (χ3v) is 2.38. The van der Waals surface area contributed by atoms with Crippen LogP contribution in [-0.2, 0) is 0 Å². The molecule has 0 spiro atoms. The Morgan fingerprint density at radius 3 is 2.79 bits per heavy atom. The van der Waals surface area contributed by atoms with Crippen molar-refractivity contribution in [3.8, 4) is 0 Å². The first-order valence-electron chi connectivity index (χ1n) is 4.53. The van der Waals surface area contributed by atoms with E-state index >= 15 is 0 Å². The largest absolute Gasteiger partial charge is 0.459 e. The van der Waals surface area contributed by atoms with Crippen molar-refractivity contribution in [3.63, 3.8) is 0 Å². The van der Waals surface area contributed by atoms with Gasteiger partial charge in [-0.3, -0.25) is 0 Å². The van der Waals surface area contributed by atoms with Crippen LogP contribution in [0.5, 0.6) is 0 Å². The van der Waals surface area contributed by atoms with Gasteiger partial charge in [0.1, 0.15) is 18.0 Å². The molecule has 0 amide bonds. The third-order valence-electron chi connectivity index (χ3n) is 2.38. The van der Waals surface area contributed by atoms with E-state index in [1.807, 2.05) is 31.2 Å². The van der Waals surface area contributed by atoms with E-state index < -0.39 is 12.7 Å². The minimum Gasteiger partial charge on any atom is -0.459 e. The van der Waals surface area contributed by atoms with E-state index in [-0.39, 0.29) is 0 Å². The summed E-state index contributed by atoms with van der Waals surface area (Å²) in [7, 11) is 0. The Balaban J connectivity index is 2.62. The van der Waals surface area contributed by atoms with Gasteiger partial charge in [-0.25, -0.2) is 4.39 Å². The van der Waals surface area contributed by atoms with Crippen LogP contribution in [-0.4, -0.2) is 6.67 Å². The summed E-state index contributed by atoms with van der Waals surface area (Å²) < 4.78 is 17.9. The predicted octanol–water partition coefficient (Wildman–Crippen LogP) is 2.71. The Bertz CT molecular complexity index is 449. The number of para-hydroxylation sites is 1. The van der Waals surface area contributed by atoms with Gasteiger partial charge in [0.25, 0.3) is 0 Å². The lowest BCUT2D eigenvalue weighted by molar-refractivity contribution is 0.388. The highest BCUT2D eigenvalue weighted by Crippen LogP contribution is 2.28. The predicted molar refractivity (Wildman–Crippen MR) is 53.9 cm³/mol. The molecule has 1 heterocycles. The van der Waals surface area contributed by atoms with Gasteiger partial charge in [0.05, 0.1) is 6.04 Å². The van der Waals surface area contributed by atoms with Crippen LogP contribution in [0.4, 0.5) is 4.39 Å². The molecule has 74 valence electrons. The van der Waals surface area contributed by atoms with Crippen molar-refractivity contribution in [2.45, 2.75) is 13.0 Å². The summed E-state index contributed by atoms with van der Waals surface area (Å²) in [5, 5.41) is 1.01. The first kappa shape index (κ1) is 9.21. The quantitative estimate of drug-likeness (QED) is 0.796. The molecule has 0 aliphatic carbocycles. The summed E-state index contributed by atoms with van der Waals surface area (Å²) >= 11 is 0. The molecule has 1 aromatic heterocycles. The molecule has 0 aliphatic heterocycles. The monoisotopic (exact) mass is 193 g/mol. The van der Waals surface area contributed by atoms with E-state index in [4.69, 9.17) is 10.2 Å². The topological polar surface area (TPSA) is 39.2 Å². The number of halogens is 1. The molecule has 1 aromatic carbocycles. The fraction of sp³-hybridized carbons (Fsp3) is 0.273. The zero-order valence-electron chi connectivity index (χ0n) is 7.96. The van der Waals surface area contributed by atoms with Crippen LogP contribution in [0.25, 0.3) is 11.0 Å². The lowest BCUT2D eigenvalue weighted by Crippen LogP contribution is -2.12. The maximum absolute atomic E-state index is 12.4. The number of aryl methyl sites for hydroxylation is 1. The second-order valence-corrected chi connectivity index (χ2v) is 3.35. The van der Waals surface area contributed by atoms with Crippen LogP contribution in [0.15, 0.2) is 28.7 Å². The van der Waals surface area contributed by atoms with Crippen LogP contribution < -0.4 is 5.73 Å². The van der Waals surface area contributed by atoms with Gasteiger partial charge in [0.15, 0.2) is 0 Å². The second kappa shape index (κ2) is 3.42. The van der Waals surface area contributed by atoms with Crippen LogP contribution in [0, 0.1) is 6.92 Å². The molecule has 1 atom stereocenters. The fourth-order valence-electron chi connectivity index (χ4n) is 1.62. The van der Waals surface area contributed by atoms with Gasteiger partial charge in [-0.05, 0) is 13.0 Å². The zero-order valence-corrected chi connectivity index (χ0v) is 7.96. The molecule has 0 saturated carbocycles. The van der Waals surface area contributed by atoms with Crippen LogP contribution in [0.1, 0.15) is 17.4 Å². The molecule has 2 aromatic rings. The van der Waals surface area contributed by atoms with Crippen molar-refractivity contribution < 1.29 is 8.81 Å². The standard InChI is InChI=1S/C11H12FNO/c1-7-8-4-2-3-5-10(8)14-11(7)9(13)6-12/h2-5,9H,6,13H2,1H3/t9-/m0/s1. The smallest absolute Gasteiger partial charge is 0.134 e. The SMILES string of the molecule is Cc1c([C@@H](N)CF)oc2ccccc12. The first-order chi connectivity index (χ1) is 6.74. The molecular formula is C11H12FNO. The molecule has 2 N–H and O–H groups in total. The number of hydrogen-bond donors (Lipinski definition) is 1. The summed E-state index contributed by atoms with van der Waals surface area (Å²) in [5.41, 5.74) is 7.29. The lowest BCUT2D eigenvalue weighted by Gasteiger charge is -2.03. The lowest BCUT2D eigenvalue weighted by atomic mass is 10.1. The van der Waals surface area contributed by atoms with Gasteiger partial charge in [-0.15, -0.1) is 0 Å². The third kappa shape index (κ3) is 1.30. The molecule has 0 saturated heterocycles. The van der Waals surface area contributed by atoms with Crippen LogP contribution in [0.2, 0.25) is 0 Å². The van der Waals surface area contributed by atoms with Crippen molar-refractivity contribution in [1.82, 2.24) is 0 Å². The molecule has 0 bridgehead atoms. The van der Waals surface area contributed by atoms with Gasteiger partial charge in [0.2, 0.25) is 0 Å². The van der Waals surface area contributed by atoms with Crippen LogP contribution >= 0.6 is 0 Å². The summed E-state index contributed by atoms with van der Waals surface area (Å²) in [6.07, 6.45) is 0. The average Bonchev–Trinajstić information content (AvgIpc) is 2.56. The van der Waals surface area contributed by atoms with E-state index in [0.717, 1.165) is 16.5 Å². The van der Waals surface area contributed by atoms with Gasteiger partial charge in [0, 0.05) is 10.9 Å². The highest BCUT2D eigenvalue weighted by atomic mass is 19.1. The summed E-state index contributed by atoms with van der Waals surface area (Å²) in [6, 6.07) is 6.97. The van der Waals surface area contributed by atoms with Gasteiger partial charge < -0.3 is 10.2 Å². The molecule has 2 nitrogen and oxygen atoms in total. The zero-order chi connectivity index (χ0) is 10.1. The normalized spacial score (nSPS) is 13.4. The number of hydrogen-bond acceptors (Lipinski definition) is 2. The molecule has 0 fully saturated rings. The molecule has 0 aliphatic rings. The van der Waals surface area contributed by atoms with Gasteiger partial charge >= 0.3 is 0 Å². The summed E-state index contributed by atoms with van der Waals surface area (Å²) in [4.78, 5) is 0. The van der Waals surface area contributed by atoms with Crippen LogP contribution in [0.3, 0.4) is 0 Å². The minimum absolute atomic E-state index is 0.550. The molecule has 2 rings (SSSR count). The Morgan fingerprint density at radius 2 is 2.14 bits per heavy atom.